The molecule has 0 fully saturated rings. The Morgan fingerprint density at radius 1 is 0.731 bits per heavy atom. The molecule has 3 N–H and O–H groups in total. The van der Waals surface area contributed by atoms with E-state index in [0.717, 1.165) is 24.9 Å². The minimum atomic E-state index is -1.80. The number of aryl methyl sites for hydroxylation is 2. The first-order valence-electron chi connectivity index (χ1n) is 9.16. The summed E-state index contributed by atoms with van der Waals surface area (Å²) >= 11 is 0. The fourth-order valence-electron chi connectivity index (χ4n) is 2.61. The third-order valence-corrected chi connectivity index (χ3v) is 9.00. The van der Waals surface area contributed by atoms with Gasteiger partial charge in [-0.2, -0.15) is 0 Å². The highest BCUT2D eigenvalue weighted by Gasteiger charge is 2.28. The Labute approximate surface area is 159 Å². The van der Waals surface area contributed by atoms with Crippen LogP contribution in [-0.4, -0.2) is 26.8 Å². The van der Waals surface area contributed by atoms with Crippen molar-refractivity contribution in [1.29, 1.82) is 0 Å². The van der Waals surface area contributed by atoms with Crippen LogP contribution in [-0.2, 0) is 17.4 Å². The van der Waals surface area contributed by atoms with Gasteiger partial charge in [0.1, 0.15) is 19.7 Å². The van der Waals surface area contributed by atoms with Crippen LogP contribution in [0, 0.1) is 0 Å². The Hall–Kier alpha value is -1.61. The summed E-state index contributed by atoms with van der Waals surface area (Å²) < 4.78 is 6.21. The van der Waals surface area contributed by atoms with E-state index >= 15 is 0 Å². The molecule has 0 aliphatic carbocycles. The number of phenols is 2. The van der Waals surface area contributed by atoms with E-state index in [0.29, 0.717) is 11.5 Å². The first kappa shape index (κ1) is 20.7. The zero-order valence-corrected chi connectivity index (χ0v) is 18.2. The summed E-state index contributed by atoms with van der Waals surface area (Å²) in [5.74, 6) is 0.623. The number of phenolic OH excluding ortho intramolecular Hbond substituents is 2. The average Bonchev–Trinajstić information content (AvgIpc) is 2.60. The molecule has 0 heterocycles. The van der Waals surface area contributed by atoms with Crippen LogP contribution in [0.25, 0.3) is 0 Å². The number of rotatable bonds is 9. The Kier molecular flexibility index (Phi) is 7.05. The second kappa shape index (κ2) is 8.86. The third kappa shape index (κ3) is 7.33. The Morgan fingerprint density at radius 3 is 1.62 bits per heavy atom. The van der Waals surface area contributed by atoms with Crippen molar-refractivity contribution >= 4 is 16.6 Å². The van der Waals surface area contributed by atoms with Gasteiger partial charge in [-0.3, -0.25) is 0 Å². The summed E-state index contributed by atoms with van der Waals surface area (Å²) in [6, 6.07) is 17.0. The summed E-state index contributed by atoms with van der Waals surface area (Å²) in [5, 5.41) is 22.2. The van der Waals surface area contributed by atoms with Gasteiger partial charge >= 0.3 is 0 Å². The van der Waals surface area contributed by atoms with Crippen LogP contribution in [0.3, 0.4) is 0 Å². The molecule has 0 saturated heterocycles. The van der Waals surface area contributed by atoms with Crippen LogP contribution in [0.4, 0.5) is 0 Å². The van der Waals surface area contributed by atoms with Crippen LogP contribution in [0.2, 0.25) is 38.3 Å². The Morgan fingerprint density at radius 2 is 1.15 bits per heavy atom. The molecule has 2 rings (SSSR count). The van der Waals surface area contributed by atoms with Gasteiger partial charge < -0.3 is 14.7 Å². The van der Waals surface area contributed by atoms with E-state index in [1.807, 2.05) is 24.3 Å². The largest absolute Gasteiger partial charge is 0.508 e. The highest BCUT2D eigenvalue weighted by atomic mass is 28.4. The van der Waals surface area contributed by atoms with Gasteiger partial charge in [-0.1, -0.05) is 37.4 Å². The molecule has 0 aliphatic rings. The molecular formula is C20H31NO3Si2. The minimum absolute atomic E-state index is 0.310. The number of benzene rings is 2. The first-order chi connectivity index (χ1) is 12.2. The highest BCUT2D eigenvalue weighted by molar-refractivity contribution is 6.76. The lowest BCUT2D eigenvalue weighted by atomic mass is 10.2. The van der Waals surface area contributed by atoms with Gasteiger partial charge in [-0.25, -0.2) is 5.15 Å². The molecule has 0 bridgehead atoms. The summed E-state index contributed by atoms with van der Waals surface area (Å²) in [6.07, 6.45) is 1.96. The van der Waals surface area contributed by atoms with Crippen LogP contribution in [0.1, 0.15) is 11.1 Å². The fourth-order valence-corrected chi connectivity index (χ4v) is 6.82. The lowest BCUT2D eigenvalue weighted by Crippen LogP contribution is -2.50. The number of hydrogen-bond acceptors (Lipinski definition) is 4. The van der Waals surface area contributed by atoms with Gasteiger partial charge in [0.25, 0.3) is 0 Å². The van der Waals surface area contributed by atoms with Crippen LogP contribution in [0.5, 0.6) is 11.5 Å². The van der Waals surface area contributed by atoms with E-state index in [4.69, 9.17) is 4.53 Å². The average molecular weight is 390 g/mol. The monoisotopic (exact) mass is 389 g/mol. The van der Waals surface area contributed by atoms with E-state index in [2.05, 4.69) is 31.3 Å². The van der Waals surface area contributed by atoms with Crippen LogP contribution >= 0.6 is 0 Å². The Balaban J connectivity index is 1.78. The van der Waals surface area contributed by atoms with Gasteiger partial charge in [0.05, 0.1) is 0 Å². The van der Waals surface area contributed by atoms with E-state index < -0.39 is 16.6 Å². The van der Waals surface area contributed by atoms with Gasteiger partial charge in [-0.05, 0) is 73.4 Å². The lowest BCUT2D eigenvalue weighted by Gasteiger charge is -2.30. The van der Waals surface area contributed by atoms with E-state index in [9.17, 15) is 10.2 Å². The number of nitrogens with one attached hydrogen (secondary N) is 1. The molecule has 0 atom stereocenters. The zero-order chi connectivity index (χ0) is 19.2. The summed E-state index contributed by atoms with van der Waals surface area (Å²) in [5.41, 5.74) is 2.48. The van der Waals surface area contributed by atoms with Crippen molar-refractivity contribution in [3.05, 3.63) is 59.7 Å². The molecule has 6 heteroatoms. The van der Waals surface area contributed by atoms with Gasteiger partial charge in [0, 0.05) is 0 Å². The third-order valence-electron chi connectivity index (χ3n) is 4.53. The second-order valence-corrected chi connectivity index (χ2v) is 16.9. The topological polar surface area (TPSA) is 61.7 Å². The predicted octanol–water partition coefficient (Wildman–Crippen LogP) is 4.81. The van der Waals surface area contributed by atoms with Crippen molar-refractivity contribution in [3.8, 4) is 11.5 Å². The number of aromatic hydroxyl groups is 2. The van der Waals surface area contributed by atoms with E-state index in [1.54, 1.807) is 24.3 Å². The molecule has 0 saturated carbocycles. The molecule has 0 amide bonds. The molecule has 0 aliphatic heterocycles. The normalized spacial score (nSPS) is 12.3. The number of hydrogen-bond donors (Lipinski definition) is 3. The standard InChI is InChI=1S/C20H31NO3Si2/c1-25(2,15-13-17-5-9-19(22)10-6-17)21-24-26(3,4)16-14-18-7-11-20(23)12-8-18/h5-12,21-23H,13-16H2,1-4H3. The molecular weight excluding hydrogens is 358 g/mol. The van der Waals surface area contributed by atoms with E-state index in [-0.39, 0.29) is 0 Å². The van der Waals surface area contributed by atoms with Crippen molar-refractivity contribution in [1.82, 2.24) is 5.15 Å². The predicted molar refractivity (Wildman–Crippen MR) is 112 cm³/mol. The minimum Gasteiger partial charge on any atom is -0.508 e. The van der Waals surface area contributed by atoms with E-state index in [1.165, 1.54) is 11.1 Å². The SMILES string of the molecule is C[Si](C)(CCc1ccc(O)cc1)NO[Si](C)(C)CCc1ccc(O)cc1. The fraction of sp³-hybridized carbons (Fsp3) is 0.400. The van der Waals surface area contributed by atoms with Crippen molar-refractivity contribution < 1.29 is 14.7 Å². The van der Waals surface area contributed by atoms with Crippen LogP contribution < -0.4 is 5.15 Å². The molecule has 26 heavy (non-hydrogen) atoms. The summed E-state index contributed by atoms with van der Waals surface area (Å²) in [6.45, 7) is 9.06. The molecule has 0 aromatic heterocycles. The Bertz CT molecular complexity index is 624. The lowest BCUT2D eigenvalue weighted by molar-refractivity contribution is 0.251. The molecule has 0 unspecified atom stereocenters. The van der Waals surface area contributed by atoms with Gasteiger partial charge in [0.15, 0.2) is 0 Å². The summed E-state index contributed by atoms with van der Waals surface area (Å²) in [7, 11) is -3.46. The van der Waals surface area contributed by atoms with Crippen LogP contribution in [0.15, 0.2) is 48.5 Å². The molecule has 4 nitrogen and oxygen atoms in total. The second-order valence-electron chi connectivity index (χ2n) is 8.18. The smallest absolute Gasteiger partial charge is 0.213 e. The van der Waals surface area contributed by atoms with Crippen molar-refractivity contribution in [2.75, 3.05) is 0 Å². The maximum atomic E-state index is 9.37. The van der Waals surface area contributed by atoms with Crippen molar-refractivity contribution in [2.24, 2.45) is 0 Å². The first-order valence-corrected chi connectivity index (χ1v) is 15.5. The quantitative estimate of drug-likeness (QED) is 0.425. The molecule has 2 aromatic rings. The molecule has 0 radical (unpaired) electrons. The van der Waals surface area contributed by atoms with Crippen molar-refractivity contribution in [2.45, 2.75) is 51.1 Å². The summed E-state index contributed by atoms with van der Waals surface area (Å²) in [4.78, 5) is 0. The van der Waals surface area contributed by atoms with Gasteiger partial charge in [-0.15, -0.1) is 0 Å². The molecule has 142 valence electrons. The maximum absolute atomic E-state index is 9.37. The maximum Gasteiger partial charge on any atom is 0.213 e. The van der Waals surface area contributed by atoms with Gasteiger partial charge in [0.2, 0.25) is 8.32 Å². The van der Waals surface area contributed by atoms with Crippen molar-refractivity contribution in [3.63, 3.8) is 0 Å². The highest BCUT2D eigenvalue weighted by Crippen LogP contribution is 2.19. The molecule has 0 spiro atoms. The molecule has 2 aromatic carbocycles. The zero-order valence-electron chi connectivity index (χ0n) is 16.2.